The van der Waals surface area contributed by atoms with Crippen molar-refractivity contribution >= 4 is 27.3 Å². The molecule has 0 spiro atoms. The maximum Gasteiger partial charge on any atom is 0.430 e. The van der Waals surface area contributed by atoms with Gasteiger partial charge in [-0.2, -0.15) is 26.3 Å². The Hall–Kier alpha value is -3.65. The van der Waals surface area contributed by atoms with Crippen molar-refractivity contribution in [3.05, 3.63) is 77.6 Å². The Bertz CT molecular complexity index is 1570. The molecule has 0 fully saturated rings. The molecule has 1 heterocycles. The van der Waals surface area contributed by atoms with Gasteiger partial charge in [-0.3, -0.25) is 9.52 Å². The van der Waals surface area contributed by atoms with Crippen LogP contribution in [-0.4, -0.2) is 31.8 Å². The van der Waals surface area contributed by atoms with E-state index in [4.69, 9.17) is 0 Å². The molecular formula is C26H21F7N2O4S. The number of fused-ring (bicyclic) bond motifs is 1. The summed E-state index contributed by atoms with van der Waals surface area (Å²) in [6.45, 7) is 3.59. The van der Waals surface area contributed by atoms with E-state index in [0.717, 1.165) is 0 Å². The zero-order valence-electron chi connectivity index (χ0n) is 20.7. The lowest BCUT2D eigenvalue weighted by Gasteiger charge is -2.32. The fourth-order valence-electron chi connectivity index (χ4n) is 4.44. The van der Waals surface area contributed by atoms with E-state index in [2.05, 4.69) is 10.0 Å². The lowest BCUT2D eigenvalue weighted by Crippen LogP contribution is -2.53. The molecule has 0 saturated heterocycles. The van der Waals surface area contributed by atoms with Crippen LogP contribution in [0.5, 0.6) is 0 Å². The van der Waals surface area contributed by atoms with Gasteiger partial charge in [-0.1, -0.05) is 38.1 Å². The van der Waals surface area contributed by atoms with Gasteiger partial charge in [0, 0.05) is 34.3 Å². The van der Waals surface area contributed by atoms with E-state index in [-0.39, 0.29) is 40.1 Å². The van der Waals surface area contributed by atoms with Crippen LogP contribution in [0, 0.1) is 5.82 Å². The first-order chi connectivity index (χ1) is 18.3. The number of aliphatic hydroxyl groups is 1. The third kappa shape index (κ3) is 5.12. The monoisotopic (exact) mass is 590 g/mol. The lowest BCUT2D eigenvalue weighted by molar-refractivity contribution is -0.376. The smallest absolute Gasteiger partial charge is 0.369 e. The van der Waals surface area contributed by atoms with Crippen LogP contribution in [0.15, 0.2) is 65.6 Å². The maximum absolute atomic E-state index is 14.7. The van der Waals surface area contributed by atoms with Crippen molar-refractivity contribution in [1.82, 2.24) is 0 Å². The summed E-state index contributed by atoms with van der Waals surface area (Å²) in [7, 11) is -4.12. The van der Waals surface area contributed by atoms with Crippen molar-refractivity contribution in [2.24, 2.45) is 0 Å². The van der Waals surface area contributed by atoms with Crippen LogP contribution in [-0.2, 0) is 25.8 Å². The second-order valence-electron chi connectivity index (χ2n) is 9.90. The number of nitrogens with one attached hydrogen (secondary N) is 2. The summed E-state index contributed by atoms with van der Waals surface area (Å²) < 4.78 is 122. The topological polar surface area (TPSA) is 95.5 Å². The molecule has 3 N–H and O–H groups in total. The predicted octanol–water partition coefficient (Wildman–Crippen LogP) is 6.23. The van der Waals surface area contributed by atoms with Crippen LogP contribution in [0.25, 0.3) is 11.1 Å². The average Bonchev–Trinajstić information content (AvgIpc) is 2.81. The molecule has 0 aliphatic carbocycles. The van der Waals surface area contributed by atoms with Crippen molar-refractivity contribution in [3.8, 4) is 11.1 Å². The van der Waals surface area contributed by atoms with E-state index in [0.29, 0.717) is 23.4 Å². The van der Waals surface area contributed by atoms with E-state index < -0.39 is 44.8 Å². The minimum absolute atomic E-state index is 0.0147. The van der Waals surface area contributed by atoms with Crippen LogP contribution >= 0.6 is 0 Å². The third-order valence-electron chi connectivity index (χ3n) is 6.56. The van der Waals surface area contributed by atoms with E-state index in [1.54, 1.807) is 13.8 Å². The first kappa shape index (κ1) is 29.3. The summed E-state index contributed by atoms with van der Waals surface area (Å²) in [5, 5.41) is 12.2. The van der Waals surface area contributed by atoms with Gasteiger partial charge in [0.1, 0.15) is 5.82 Å². The highest BCUT2D eigenvalue weighted by Gasteiger charge is 2.71. The lowest BCUT2D eigenvalue weighted by atomic mass is 9.78. The van der Waals surface area contributed by atoms with E-state index >= 15 is 0 Å². The Morgan fingerprint density at radius 1 is 0.900 bits per heavy atom. The standard InChI is InChI=1S/C26H21F7N2O4S/c1-23(2)13-22(36)34-21-10-8-17(12-19(21)23)40(38,39)35-16-6-3-14(4-7-16)18-9-5-15(11-20(18)27)24(37,25(28,29)30)26(31,32)33/h3-12,35,37H,13H2,1-2H3,(H,34,36). The number of hydrogen-bond acceptors (Lipinski definition) is 4. The molecule has 214 valence electrons. The van der Waals surface area contributed by atoms with E-state index in [1.807, 2.05) is 0 Å². The number of alkyl halides is 6. The van der Waals surface area contributed by atoms with Crippen LogP contribution < -0.4 is 10.0 Å². The first-order valence-electron chi connectivity index (χ1n) is 11.5. The third-order valence-corrected chi connectivity index (χ3v) is 7.94. The van der Waals surface area contributed by atoms with Gasteiger partial charge in [-0.25, -0.2) is 12.8 Å². The Balaban J connectivity index is 1.60. The summed E-state index contributed by atoms with van der Waals surface area (Å²) in [4.78, 5) is 11.8. The number of hydrogen-bond donors (Lipinski definition) is 3. The number of sulfonamides is 1. The molecular weight excluding hydrogens is 569 g/mol. The average molecular weight is 591 g/mol. The summed E-state index contributed by atoms with van der Waals surface area (Å²) >= 11 is 0. The van der Waals surface area contributed by atoms with Crippen molar-refractivity contribution < 1.29 is 49.1 Å². The fraction of sp³-hybridized carbons (Fsp3) is 0.269. The number of carbonyl (C=O) groups is 1. The quantitative estimate of drug-likeness (QED) is 0.308. The molecule has 1 aliphatic heterocycles. The zero-order valence-corrected chi connectivity index (χ0v) is 21.5. The van der Waals surface area contributed by atoms with Crippen LogP contribution in [0.2, 0.25) is 0 Å². The number of rotatable bonds is 5. The molecule has 0 bridgehead atoms. The molecule has 6 nitrogen and oxygen atoms in total. The van der Waals surface area contributed by atoms with Crippen molar-refractivity contribution in [2.75, 3.05) is 10.0 Å². The Morgan fingerprint density at radius 3 is 2.05 bits per heavy atom. The SMILES string of the molecule is CC1(C)CC(=O)Nc2ccc(S(=O)(=O)Nc3ccc(-c4ccc(C(O)(C(F)(F)F)C(F)(F)F)cc4F)cc3)cc21. The maximum atomic E-state index is 14.7. The predicted molar refractivity (Wildman–Crippen MR) is 131 cm³/mol. The highest BCUT2D eigenvalue weighted by atomic mass is 32.2. The first-order valence-corrected chi connectivity index (χ1v) is 13.0. The Kier molecular flexibility index (Phi) is 6.95. The molecule has 0 saturated carbocycles. The molecule has 40 heavy (non-hydrogen) atoms. The molecule has 0 atom stereocenters. The molecule has 0 radical (unpaired) electrons. The molecule has 1 amide bonds. The molecule has 0 aromatic heterocycles. The minimum Gasteiger partial charge on any atom is -0.369 e. The molecule has 14 heteroatoms. The molecule has 0 unspecified atom stereocenters. The minimum atomic E-state index is -6.17. The van der Waals surface area contributed by atoms with Crippen molar-refractivity contribution in [3.63, 3.8) is 0 Å². The molecule has 3 aromatic rings. The number of benzene rings is 3. The van der Waals surface area contributed by atoms with E-state index in [1.165, 1.54) is 42.5 Å². The zero-order chi connectivity index (χ0) is 29.9. The summed E-state index contributed by atoms with van der Waals surface area (Å²) in [5.74, 6) is -1.67. The number of halogens is 7. The van der Waals surface area contributed by atoms with Gasteiger partial charge in [0.2, 0.25) is 5.91 Å². The van der Waals surface area contributed by atoms with Crippen LogP contribution in [0.3, 0.4) is 0 Å². The highest BCUT2D eigenvalue weighted by molar-refractivity contribution is 7.92. The second-order valence-corrected chi connectivity index (χ2v) is 11.6. The summed E-state index contributed by atoms with van der Waals surface area (Å²) in [6.07, 6.45) is -12.2. The Morgan fingerprint density at radius 2 is 1.50 bits per heavy atom. The molecule has 3 aromatic carbocycles. The largest absolute Gasteiger partial charge is 0.430 e. The van der Waals surface area contributed by atoms with Gasteiger partial charge < -0.3 is 10.4 Å². The highest BCUT2D eigenvalue weighted by Crippen LogP contribution is 2.50. The van der Waals surface area contributed by atoms with E-state index in [9.17, 15) is 49.1 Å². The van der Waals surface area contributed by atoms with Gasteiger partial charge in [-0.15, -0.1) is 0 Å². The normalized spacial score (nSPS) is 15.8. The summed E-state index contributed by atoms with van der Waals surface area (Å²) in [5.41, 5.74) is -6.88. The van der Waals surface area contributed by atoms with Gasteiger partial charge in [0.25, 0.3) is 15.6 Å². The van der Waals surface area contributed by atoms with Crippen LogP contribution in [0.1, 0.15) is 31.4 Å². The molecule has 1 aliphatic rings. The number of amides is 1. The molecule has 4 rings (SSSR count). The number of carbonyl (C=O) groups excluding carboxylic acids is 1. The summed E-state index contributed by atoms with van der Waals surface area (Å²) in [6, 6.07) is 10.00. The van der Waals surface area contributed by atoms with Crippen molar-refractivity contribution in [1.29, 1.82) is 0 Å². The van der Waals surface area contributed by atoms with Gasteiger partial charge in [-0.05, 0) is 47.5 Å². The second kappa shape index (κ2) is 9.47. The van der Waals surface area contributed by atoms with Gasteiger partial charge in [0.05, 0.1) is 4.90 Å². The van der Waals surface area contributed by atoms with Crippen LogP contribution in [0.4, 0.5) is 42.1 Å². The van der Waals surface area contributed by atoms with Crippen molar-refractivity contribution in [2.45, 2.75) is 48.5 Å². The number of anilines is 2. The Labute approximate surface area is 223 Å². The fourth-order valence-corrected chi connectivity index (χ4v) is 5.53. The van der Waals surface area contributed by atoms with Gasteiger partial charge >= 0.3 is 12.4 Å². The van der Waals surface area contributed by atoms with Gasteiger partial charge in [0.15, 0.2) is 0 Å².